The Labute approximate surface area is 92.8 Å². The quantitative estimate of drug-likeness (QED) is 0.502. The van der Waals surface area contributed by atoms with Crippen molar-refractivity contribution in [3.05, 3.63) is 49.4 Å². The van der Waals surface area contributed by atoms with E-state index in [1.54, 1.807) is 0 Å². The minimum absolute atomic E-state index is 0.139. The van der Waals surface area contributed by atoms with E-state index in [1.807, 2.05) is 30.3 Å². The van der Waals surface area contributed by atoms with Crippen LogP contribution in [0.1, 0.15) is 31.2 Å². The maximum absolute atomic E-state index is 5.62. The normalized spacial score (nSPS) is 12.1. The van der Waals surface area contributed by atoms with E-state index in [1.165, 1.54) is 0 Å². The van der Waals surface area contributed by atoms with Gasteiger partial charge in [0.05, 0.1) is 6.61 Å². The van der Waals surface area contributed by atoms with Gasteiger partial charge >= 0.3 is 0 Å². The second-order valence-corrected chi connectivity index (χ2v) is 3.62. The summed E-state index contributed by atoms with van der Waals surface area (Å²) in [6.45, 7) is 10.7. The molecule has 0 fully saturated rings. The molecule has 0 N–H and O–H groups in total. The van der Waals surface area contributed by atoms with Crippen LogP contribution in [0, 0.1) is 6.92 Å². The molecule has 1 radical (unpaired) electrons. The molecule has 0 spiro atoms. The highest BCUT2D eigenvalue weighted by Gasteiger charge is 2.02. The van der Waals surface area contributed by atoms with Crippen molar-refractivity contribution in [2.24, 2.45) is 0 Å². The van der Waals surface area contributed by atoms with Crippen LogP contribution in [0.15, 0.2) is 36.9 Å². The second kappa shape index (κ2) is 6.28. The van der Waals surface area contributed by atoms with E-state index in [0.29, 0.717) is 0 Å². The van der Waals surface area contributed by atoms with Gasteiger partial charge in [0.1, 0.15) is 5.75 Å². The average molecular weight is 203 g/mol. The lowest BCUT2D eigenvalue weighted by molar-refractivity contribution is 0.309. The lowest BCUT2D eigenvalue weighted by Crippen LogP contribution is -1.97. The molecule has 0 aromatic heterocycles. The molecule has 1 atom stereocenters. The first-order valence-electron chi connectivity index (χ1n) is 5.46. The van der Waals surface area contributed by atoms with Crippen LogP contribution in [0.4, 0.5) is 0 Å². The molecule has 0 bridgehead atoms. The first-order chi connectivity index (χ1) is 7.27. The predicted octanol–water partition coefficient (Wildman–Crippen LogP) is 3.97. The van der Waals surface area contributed by atoms with Crippen LogP contribution < -0.4 is 4.74 Å². The van der Waals surface area contributed by atoms with Gasteiger partial charge < -0.3 is 4.74 Å². The standard InChI is InChI=1S/C14H19O/c1-4-6-10-15-14-9-7-8-13(11-14)12(3)5-2/h5,7-9,11-12H,2-4,6,10H2,1H3. The van der Waals surface area contributed by atoms with E-state index in [9.17, 15) is 0 Å². The highest BCUT2D eigenvalue weighted by Crippen LogP contribution is 2.21. The molecular weight excluding hydrogens is 184 g/mol. The summed E-state index contributed by atoms with van der Waals surface area (Å²) in [4.78, 5) is 0. The van der Waals surface area contributed by atoms with Gasteiger partial charge in [-0.1, -0.05) is 31.6 Å². The molecule has 1 nitrogen and oxygen atoms in total. The number of ether oxygens (including phenoxy) is 1. The van der Waals surface area contributed by atoms with Crippen LogP contribution in [0.25, 0.3) is 0 Å². The summed E-state index contributed by atoms with van der Waals surface area (Å²) in [6, 6.07) is 8.06. The fraction of sp³-hybridized carbons (Fsp3) is 0.357. The van der Waals surface area contributed by atoms with E-state index in [-0.39, 0.29) is 5.92 Å². The Morgan fingerprint density at radius 2 is 2.27 bits per heavy atom. The van der Waals surface area contributed by atoms with Crippen LogP contribution >= 0.6 is 0 Å². The number of hydrogen-bond acceptors (Lipinski definition) is 1. The van der Waals surface area contributed by atoms with Gasteiger partial charge in [-0.25, -0.2) is 0 Å². The summed E-state index contributed by atoms with van der Waals surface area (Å²) in [5, 5.41) is 0. The summed E-state index contributed by atoms with van der Waals surface area (Å²) in [5.74, 6) is 1.07. The molecule has 1 aromatic carbocycles. The Hall–Kier alpha value is -1.24. The third-order valence-corrected chi connectivity index (χ3v) is 2.34. The highest BCUT2D eigenvalue weighted by atomic mass is 16.5. The van der Waals surface area contributed by atoms with Gasteiger partial charge in [0.25, 0.3) is 0 Å². The molecule has 1 rings (SSSR count). The molecule has 0 aliphatic heterocycles. The van der Waals surface area contributed by atoms with Gasteiger partial charge in [0, 0.05) is 5.92 Å². The van der Waals surface area contributed by atoms with Gasteiger partial charge in [-0.2, -0.15) is 0 Å². The monoisotopic (exact) mass is 203 g/mol. The Kier molecular flexibility index (Phi) is 4.96. The summed E-state index contributed by atoms with van der Waals surface area (Å²) in [7, 11) is 0. The van der Waals surface area contributed by atoms with Gasteiger partial charge in [-0.15, -0.1) is 6.58 Å². The zero-order valence-electron chi connectivity index (χ0n) is 9.41. The molecular formula is C14H19O. The summed E-state index contributed by atoms with van der Waals surface area (Å²) in [6.07, 6.45) is 4.09. The Bertz CT molecular complexity index is 304. The maximum Gasteiger partial charge on any atom is 0.119 e. The van der Waals surface area contributed by atoms with Crippen molar-refractivity contribution in [3.63, 3.8) is 0 Å². The van der Waals surface area contributed by atoms with E-state index < -0.39 is 0 Å². The Morgan fingerprint density at radius 3 is 2.93 bits per heavy atom. The average Bonchev–Trinajstić information content (AvgIpc) is 2.29. The topological polar surface area (TPSA) is 9.23 Å². The Morgan fingerprint density at radius 1 is 1.47 bits per heavy atom. The lowest BCUT2D eigenvalue weighted by Gasteiger charge is -2.09. The highest BCUT2D eigenvalue weighted by molar-refractivity contribution is 5.33. The smallest absolute Gasteiger partial charge is 0.119 e. The fourth-order valence-corrected chi connectivity index (χ4v) is 1.31. The van der Waals surface area contributed by atoms with Gasteiger partial charge in [0.2, 0.25) is 0 Å². The van der Waals surface area contributed by atoms with E-state index in [2.05, 4.69) is 20.4 Å². The van der Waals surface area contributed by atoms with Crippen LogP contribution in [-0.4, -0.2) is 6.61 Å². The molecule has 0 aliphatic rings. The molecule has 0 saturated carbocycles. The largest absolute Gasteiger partial charge is 0.494 e. The Balaban J connectivity index is 2.61. The van der Waals surface area contributed by atoms with Crippen LogP contribution in [0.5, 0.6) is 5.75 Å². The first-order valence-corrected chi connectivity index (χ1v) is 5.46. The molecule has 0 saturated heterocycles. The minimum Gasteiger partial charge on any atom is -0.494 e. The molecule has 81 valence electrons. The maximum atomic E-state index is 5.62. The molecule has 1 unspecified atom stereocenters. The van der Waals surface area contributed by atoms with Crippen molar-refractivity contribution in [3.8, 4) is 5.75 Å². The number of allylic oxidation sites excluding steroid dienone is 1. The molecule has 1 aromatic rings. The third-order valence-electron chi connectivity index (χ3n) is 2.34. The van der Waals surface area contributed by atoms with E-state index in [0.717, 1.165) is 30.8 Å². The van der Waals surface area contributed by atoms with Crippen molar-refractivity contribution in [1.29, 1.82) is 0 Å². The summed E-state index contributed by atoms with van der Waals surface area (Å²) in [5.41, 5.74) is 1.15. The van der Waals surface area contributed by atoms with Crippen LogP contribution in [0.2, 0.25) is 0 Å². The zero-order chi connectivity index (χ0) is 11.1. The van der Waals surface area contributed by atoms with Crippen LogP contribution in [-0.2, 0) is 0 Å². The van der Waals surface area contributed by atoms with Gasteiger partial charge in [-0.05, 0) is 31.0 Å². The zero-order valence-corrected chi connectivity index (χ0v) is 9.41. The minimum atomic E-state index is 0.139. The van der Waals surface area contributed by atoms with Crippen molar-refractivity contribution in [2.75, 3.05) is 6.61 Å². The number of rotatable bonds is 6. The van der Waals surface area contributed by atoms with Crippen molar-refractivity contribution in [1.82, 2.24) is 0 Å². The van der Waals surface area contributed by atoms with Crippen molar-refractivity contribution >= 4 is 0 Å². The second-order valence-electron chi connectivity index (χ2n) is 3.62. The molecule has 15 heavy (non-hydrogen) atoms. The molecule has 0 amide bonds. The third kappa shape index (κ3) is 3.78. The van der Waals surface area contributed by atoms with Crippen LogP contribution in [0.3, 0.4) is 0 Å². The van der Waals surface area contributed by atoms with E-state index in [4.69, 9.17) is 4.74 Å². The molecule has 0 heterocycles. The van der Waals surface area contributed by atoms with Gasteiger partial charge in [0.15, 0.2) is 0 Å². The summed E-state index contributed by atoms with van der Waals surface area (Å²) < 4.78 is 5.62. The van der Waals surface area contributed by atoms with Crippen molar-refractivity contribution in [2.45, 2.75) is 25.7 Å². The van der Waals surface area contributed by atoms with Crippen molar-refractivity contribution < 1.29 is 4.74 Å². The predicted molar refractivity (Wildman–Crippen MR) is 65.1 cm³/mol. The lowest BCUT2D eigenvalue weighted by atomic mass is 10.0. The first kappa shape index (κ1) is 11.8. The number of unbranched alkanes of at least 4 members (excludes halogenated alkanes) is 1. The van der Waals surface area contributed by atoms with Gasteiger partial charge in [-0.3, -0.25) is 0 Å². The number of benzene rings is 1. The van der Waals surface area contributed by atoms with E-state index >= 15 is 0 Å². The summed E-state index contributed by atoms with van der Waals surface area (Å²) >= 11 is 0. The molecule has 1 heteroatoms. The SMILES string of the molecule is [CH2]C(C=C)c1cccc(OCCCC)c1. The number of hydrogen-bond donors (Lipinski definition) is 0. The fourth-order valence-electron chi connectivity index (χ4n) is 1.31. The molecule has 0 aliphatic carbocycles.